The minimum absolute atomic E-state index is 0.167. The fourth-order valence-corrected chi connectivity index (χ4v) is 3.13. The zero-order valence-electron chi connectivity index (χ0n) is 12.7. The molecule has 112 valence electrons. The van der Waals surface area contributed by atoms with Crippen molar-refractivity contribution >= 4 is 11.7 Å². The lowest BCUT2D eigenvalue weighted by atomic mass is 9.84. The summed E-state index contributed by atoms with van der Waals surface area (Å²) in [6.07, 6.45) is 2.34. The van der Waals surface area contributed by atoms with Crippen molar-refractivity contribution in [3.8, 4) is 6.07 Å². The van der Waals surface area contributed by atoms with Gasteiger partial charge in [-0.3, -0.25) is 4.79 Å². The molecule has 1 aromatic carbocycles. The van der Waals surface area contributed by atoms with Crippen LogP contribution in [0.3, 0.4) is 0 Å². The van der Waals surface area contributed by atoms with Crippen LogP contribution in [0.15, 0.2) is 18.2 Å². The summed E-state index contributed by atoms with van der Waals surface area (Å²) < 4.78 is 0. The van der Waals surface area contributed by atoms with E-state index in [4.69, 9.17) is 5.11 Å². The number of rotatable bonds is 4. The van der Waals surface area contributed by atoms with Crippen LogP contribution in [0.1, 0.15) is 37.3 Å². The lowest BCUT2D eigenvalue weighted by molar-refractivity contribution is -0.138. The summed E-state index contributed by atoms with van der Waals surface area (Å²) in [6.45, 7) is 5.82. The minimum atomic E-state index is -0.729. The van der Waals surface area contributed by atoms with Crippen LogP contribution in [0.4, 0.5) is 5.69 Å². The highest BCUT2D eigenvalue weighted by atomic mass is 16.4. The smallest absolute Gasteiger partial charge is 0.303 e. The Morgan fingerprint density at radius 1 is 1.57 bits per heavy atom. The molecule has 4 nitrogen and oxygen atoms in total. The molecular formula is C17H22N2O2. The summed E-state index contributed by atoms with van der Waals surface area (Å²) in [5, 5.41) is 18.2. The van der Waals surface area contributed by atoms with Crippen LogP contribution in [0, 0.1) is 30.1 Å². The van der Waals surface area contributed by atoms with E-state index in [9.17, 15) is 10.1 Å². The quantitative estimate of drug-likeness (QED) is 0.923. The topological polar surface area (TPSA) is 64.3 Å². The average Bonchev–Trinajstić information content (AvgIpc) is 2.46. The van der Waals surface area contributed by atoms with Gasteiger partial charge < -0.3 is 10.0 Å². The molecule has 0 radical (unpaired) electrons. The molecule has 1 aliphatic heterocycles. The maximum absolute atomic E-state index is 10.9. The number of hydrogen-bond acceptors (Lipinski definition) is 3. The summed E-state index contributed by atoms with van der Waals surface area (Å²) in [7, 11) is 0. The lowest BCUT2D eigenvalue weighted by Gasteiger charge is -2.37. The summed E-state index contributed by atoms with van der Waals surface area (Å²) in [4.78, 5) is 13.1. The number of piperidine rings is 1. The highest BCUT2D eigenvalue weighted by Crippen LogP contribution is 2.31. The normalized spacial score (nSPS) is 19.9. The number of nitrogens with zero attached hydrogens (tertiary/aromatic N) is 2. The van der Waals surface area contributed by atoms with Gasteiger partial charge in [-0.1, -0.05) is 13.0 Å². The second-order valence-electron chi connectivity index (χ2n) is 6.06. The fraction of sp³-hybridized carbons (Fsp3) is 0.529. The maximum Gasteiger partial charge on any atom is 0.303 e. The van der Waals surface area contributed by atoms with Crippen molar-refractivity contribution in [1.82, 2.24) is 0 Å². The number of carboxylic acids is 1. The van der Waals surface area contributed by atoms with Gasteiger partial charge in [0.15, 0.2) is 0 Å². The molecule has 0 aliphatic carbocycles. The van der Waals surface area contributed by atoms with E-state index >= 15 is 0 Å². The highest BCUT2D eigenvalue weighted by Gasteiger charge is 2.27. The molecule has 1 N–H and O–H groups in total. The summed E-state index contributed by atoms with van der Waals surface area (Å²) >= 11 is 0. The van der Waals surface area contributed by atoms with Gasteiger partial charge in [0.2, 0.25) is 0 Å². The first-order valence-electron chi connectivity index (χ1n) is 7.48. The number of hydrogen-bond donors (Lipinski definition) is 1. The Morgan fingerprint density at radius 2 is 2.33 bits per heavy atom. The van der Waals surface area contributed by atoms with Crippen LogP contribution < -0.4 is 4.90 Å². The van der Waals surface area contributed by atoms with Gasteiger partial charge in [0, 0.05) is 19.5 Å². The molecule has 1 saturated heterocycles. The number of nitriles is 1. The van der Waals surface area contributed by atoms with E-state index in [0.717, 1.165) is 37.2 Å². The first-order chi connectivity index (χ1) is 10.0. The number of benzene rings is 1. The Morgan fingerprint density at radius 3 is 3.00 bits per heavy atom. The van der Waals surface area contributed by atoms with Crippen molar-refractivity contribution in [1.29, 1.82) is 5.26 Å². The molecule has 0 amide bonds. The Bertz CT molecular complexity index is 562. The van der Waals surface area contributed by atoms with E-state index in [-0.39, 0.29) is 12.3 Å². The van der Waals surface area contributed by atoms with E-state index in [1.54, 1.807) is 0 Å². The number of anilines is 1. The van der Waals surface area contributed by atoms with E-state index in [1.807, 2.05) is 26.0 Å². The molecule has 0 aromatic heterocycles. The maximum atomic E-state index is 10.9. The summed E-state index contributed by atoms with van der Waals surface area (Å²) in [5.74, 6) is -0.185. The Hall–Kier alpha value is -2.02. The number of carboxylic acid groups (broad SMARTS) is 1. The predicted octanol–water partition coefficient (Wildman–Crippen LogP) is 3.19. The van der Waals surface area contributed by atoms with Crippen LogP contribution in [-0.2, 0) is 4.79 Å². The zero-order valence-corrected chi connectivity index (χ0v) is 12.7. The lowest BCUT2D eigenvalue weighted by Crippen LogP contribution is -2.38. The average molecular weight is 286 g/mol. The van der Waals surface area contributed by atoms with Gasteiger partial charge in [0.25, 0.3) is 0 Å². The van der Waals surface area contributed by atoms with Gasteiger partial charge >= 0.3 is 5.97 Å². The van der Waals surface area contributed by atoms with Gasteiger partial charge in [-0.25, -0.2) is 0 Å². The van der Waals surface area contributed by atoms with Crippen LogP contribution in [-0.4, -0.2) is 24.2 Å². The first kappa shape index (κ1) is 15.4. The molecule has 0 spiro atoms. The molecule has 1 aliphatic rings. The van der Waals surface area contributed by atoms with E-state index in [1.165, 1.54) is 0 Å². The molecule has 4 heteroatoms. The van der Waals surface area contributed by atoms with Gasteiger partial charge in [-0.2, -0.15) is 5.26 Å². The minimum Gasteiger partial charge on any atom is -0.481 e. The Labute approximate surface area is 126 Å². The monoisotopic (exact) mass is 286 g/mol. The van der Waals surface area contributed by atoms with E-state index in [2.05, 4.69) is 17.0 Å². The van der Waals surface area contributed by atoms with Gasteiger partial charge in [-0.05, 0) is 49.3 Å². The van der Waals surface area contributed by atoms with Crippen LogP contribution >= 0.6 is 0 Å². The van der Waals surface area contributed by atoms with Crippen molar-refractivity contribution in [3.63, 3.8) is 0 Å². The van der Waals surface area contributed by atoms with Gasteiger partial charge in [0.05, 0.1) is 11.3 Å². The molecule has 1 heterocycles. The van der Waals surface area contributed by atoms with Crippen LogP contribution in [0.5, 0.6) is 0 Å². The van der Waals surface area contributed by atoms with Crippen LogP contribution in [0.25, 0.3) is 0 Å². The zero-order chi connectivity index (χ0) is 15.4. The largest absolute Gasteiger partial charge is 0.481 e. The fourth-order valence-electron chi connectivity index (χ4n) is 3.13. The molecule has 21 heavy (non-hydrogen) atoms. The number of aryl methyl sites for hydroxylation is 1. The second-order valence-corrected chi connectivity index (χ2v) is 6.06. The molecule has 1 aromatic rings. The summed E-state index contributed by atoms with van der Waals surface area (Å²) in [5.41, 5.74) is 2.83. The molecule has 0 saturated carbocycles. The van der Waals surface area contributed by atoms with Gasteiger partial charge in [-0.15, -0.1) is 0 Å². The molecule has 2 unspecified atom stereocenters. The molecule has 2 rings (SSSR count). The van der Waals surface area contributed by atoms with Crippen molar-refractivity contribution in [2.75, 3.05) is 18.0 Å². The molecule has 2 atom stereocenters. The highest BCUT2D eigenvalue weighted by molar-refractivity contribution is 5.67. The second kappa shape index (κ2) is 6.62. The van der Waals surface area contributed by atoms with Crippen molar-refractivity contribution in [3.05, 3.63) is 29.3 Å². The third-order valence-corrected chi connectivity index (χ3v) is 4.37. The number of carbonyl (C=O) groups is 1. The standard InChI is InChI=1S/C17H22N2O2/c1-12-5-6-14(10-18)16(8-12)19-7-3-4-15(11-19)13(2)9-17(20)21/h5-6,8,13,15H,3-4,7,9,11H2,1-2H3,(H,20,21). The van der Waals surface area contributed by atoms with E-state index < -0.39 is 5.97 Å². The van der Waals surface area contributed by atoms with Gasteiger partial charge in [0.1, 0.15) is 6.07 Å². The molecule has 0 bridgehead atoms. The van der Waals surface area contributed by atoms with E-state index in [0.29, 0.717) is 11.5 Å². The predicted molar refractivity (Wildman–Crippen MR) is 82.2 cm³/mol. The van der Waals surface area contributed by atoms with Crippen molar-refractivity contribution < 1.29 is 9.90 Å². The molecular weight excluding hydrogens is 264 g/mol. The van der Waals surface area contributed by atoms with Crippen molar-refractivity contribution in [2.24, 2.45) is 11.8 Å². The van der Waals surface area contributed by atoms with Crippen molar-refractivity contribution in [2.45, 2.75) is 33.1 Å². The third-order valence-electron chi connectivity index (χ3n) is 4.37. The summed E-state index contributed by atoms with van der Waals surface area (Å²) in [6, 6.07) is 8.14. The third kappa shape index (κ3) is 3.75. The first-order valence-corrected chi connectivity index (χ1v) is 7.48. The SMILES string of the molecule is Cc1ccc(C#N)c(N2CCCC(C(C)CC(=O)O)C2)c1. The Kier molecular flexibility index (Phi) is 4.85. The Balaban J connectivity index is 2.16. The number of aliphatic carboxylic acids is 1. The van der Waals surface area contributed by atoms with Crippen LogP contribution in [0.2, 0.25) is 0 Å². The molecule has 1 fully saturated rings.